The second-order valence-corrected chi connectivity index (χ2v) is 6.53. The third-order valence-electron chi connectivity index (χ3n) is 4.59. The lowest BCUT2D eigenvalue weighted by atomic mass is 10.0. The molecule has 2 aliphatic rings. The van der Waals surface area contributed by atoms with Gasteiger partial charge in [-0.05, 0) is 46.2 Å². The summed E-state index contributed by atoms with van der Waals surface area (Å²) in [7, 11) is 2.21. The summed E-state index contributed by atoms with van der Waals surface area (Å²) in [6, 6.07) is 3.34. The van der Waals surface area contributed by atoms with Gasteiger partial charge in [0.2, 0.25) is 0 Å². The van der Waals surface area contributed by atoms with Crippen LogP contribution in [-0.2, 0) is 6.54 Å². The fraction of sp³-hybridized carbons (Fsp3) is 0.706. The fourth-order valence-corrected chi connectivity index (χ4v) is 2.91. The highest BCUT2D eigenvalue weighted by Crippen LogP contribution is 2.24. The Morgan fingerprint density at radius 1 is 1.33 bits per heavy atom. The molecule has 0 aromatic carbocycles. The van der Waals surface area contributed by atoms with Gasteiger partial charge < -0.3 is 15.0 Å². The number of piperidine rings is 1. The number of aryl methyl sites for hydroxylation is 1. The largest absolute Gasteiger partial charge is 0.491 e. The number of likely N-dealkylation sites (N-methyl/N-ethyl adjacent to an activating group) is 1. The maximum atomic E-state index is 6.16. The predicted molar refractivity (Wildman–Crippen MR) is 84.6 cm³/mol. The van der Waals surface area contributed by atoms with E-state index >= 15 is 0 Å². The fourth-order valence-electron chi connectivity index (χ4n) is 2.91. The van der Waals surface area contributed by atoms with Crippen molar-refractivity contribution in [3.63, 3.8) is 0 Å². The van der Waals surface area contributed by atoms with Crippen molar-refractivity contribution in [2.24, 2.45) is 0 Å². The SMILES string of the molecule is Cc1cc(OCC2CCCCN2C)c(CNC2CC2)cn1. The van der Waals surface area contributed by atoms with Gasteiger partial charge in [0.1, 0.15) is 12.4 Å². The molecule has 1 saturated carbocycles. The summed E-state index contributed by atoms with van der Waals surface area (Å²) in [5.41, 5.74) is 2.21. The zero-order valence-electron chi connectivity index (χ0n) is 13.3. The lowest BCUT2D eigenvalue weighted by Crippen LogP contribution is -2.40. The van der Waals surface area contributed by atoms with Crippen LogP contribution in [-0.4, -0.2) is 42.2 Å². The molecule has 1 aromatic heterocycles. The number of nitrogens with zero attached hydrogens (tertiary/aromatic N) is 2. The van der Waals surface area contributed by atoms with Crippen LogP contribution < -0.4 is 10.1 Å². The van der Waals surface area contributed by atoms with Crippen LogP contribution in [0.25, 0.3) is 0 Å². The molecule has 0 radical (unpaired) electrons. The third-order valence-corrected chi connectivity index (χ3v) is 4.59. The second kappa shape index (κ2) is 6.75. The van der Waals surface area contributed by atoms with Crippen molar-refractivity contribution in [3.05, 3.63) is 23.5 Å². The molecule has 1 aromatic rings. The van der Waals surface area contributed by atoms with Crippen LogP contribution >= 0.6 is 0 Å². The molecule has 1 atom stereocenters. The molecule has 0 bridgehead atoms. The van der Waals surface area contributed by atoms with Crippen molar-refractivity contribution in [1.29, 1.82) is 0 Å². The molecule has 1 unspecified atom stereocenters. The maximum absolute atomic E-state index is 6.16. The number of ether oxygens (including phenoxy) is 1. The quantitative estimate of drug-likeness (QED) is 0.873. The van der Waals surface area contributed by atoms with E-state index in [1.54, 1.807) is 0 Å². The number of nitrogens with one attached hydrogen (secondary N) is 1. The summed E-state index contributed by atoms with van der Waals surface area (Å²) in [6.45, 7) is 4.88. The Balaban J connectivity index is 1.60. The van der Waals surface area contributed by atoms with Crippen LogP contribution in [0.4, 0.5) is 0 Å². The van der Waals surface area contributed by atoms with Gasteiger partial charge in [-0.3, -0.25) is 4.98 Å². The molecule has 0 amide bonds. The van der Waals surface area contributed by atoms with Crippen molar-refractivity contribution >= 4 is 0 Å². The van der Waals surface area contributed by atoms with Crippen LogP contribution in [0, 0.1) is 6.92 Å². The molecular formula is C17H27N3O. The van der Waals surface area contributed by atoms with Crippen molar-refractivity contribution in [2.45, 2.75) is 57.7 Å². The summed E-state index contributed by atoms with van der Waals surface area (Å²) in [4.78, 5) is 6.85. The Morgan fingerprint density at radius 3 is 2.95 bits per heavy atom. The average molecular weight is 289 g/mol. The summed E-state index contributed by atoms with van der Waals surface area (Å²) < 4.78 is 6.16. The Bertz CT molecular complexity index is 473. The van der Waals surface area contributed by atoms with Crippen LogP contribution in [0.15, 0.2) is 12.3 Å². The minimum Gasteiger partial charge on any atom is -0.491 e. The Hall–Kier alpha value is -1.13. The van der Waals surface area contributed by atoms with E-state index in [1.807, 2.05) is 13.1 Å². The topological polar surface area (TPSA) is 37.4 Å². The maximum Gasteiger partial charge on any atom is 0.127 e. The molecule has 4 nitrogen and oxygen atoms in total. The first kappa shape index (κ1) is 14.8. The molecule has 3 rings (SSSR count). The Morgan fingerprint density at radius 2 is 2.19 bits per heavy atom. The standard InChI is InChI=1S/C17H27N3O/c1-13-9-17(14(10-18-13)11-19-15-6-7-15)21-12-16-5-3-4-8-20(16)2/h9-10,15-16,19H,3-8,11-12H2,1-2H3. The van der Waals surface area contributed by atoms with Gasteiger partial charge in [-0.25, -0.2) is 0 Å². The van der Waals surface area contributed by atoms with E-state index in [0.717, 1.165) is 24.6 Å². The van der Waals surface area contributed by atoms with Gasteiger partial charge in [0, 0.05) is 42.1 Å². The molecule has 1 aliphatic carbocycles. The molecule has 1 saturated heterocycles. The first-order valence-corrected chi connectivity index (χ1v) is 8.24. The molecule has 2 heterocycles. The summed E-state index contributed by atoms with van der Waals surface area (Å²) in [5, 5.41) is 3.55. The van der Waals surface area contributed by atoms with E-state index in [0.29, 0.717) is 12.1 Å². The number of likely N-dealkylation sites (tertiary alicyclic amines) is 1. The smallest absolute Gasteiger partial charge is 0.127 e. The highest BCUT2D eigenvalue weighted by atomic mass is 16.5. The number of aromatic nitrogens is 1. The summed E-state index contributed by atoms with van der Waals surface area (Å²) in [6.07, 6.45) is 8.47. The molecule has 116 valence electrons. The van der Waals surface area contributed by atoms with Crippen molar-refractivity contribution in [1.82, 2.24) is 15.2 Å². The first-order valence-electron chi connectivity index (χ1n) is 8.24. The monoisotopic (exact) mass is 289 g/mol. The van der Waals surface area contributed by atoms with Crippen LogP contribution in [0.3, 0.4) is 0 Å². The van der Waals surface area contributed by atoms with E-state index < -0.39 is 0 Å². The molecule has 1 N–H and O–H groups in total. The highest BCUT2D eigenvalue weighted by Gasteiger charge is 2.22. The molecule has 0 spiro atoms. The van der Waals surface area contributed by atoms with Gasteiger partial charge in [0.05, 0.1) is 0 Å². The van der Waals surface area contributed by atoms with Gasteiger partial charge in [0.25, 0.3) is 0 Å². The van der Waals surface area contributed by atoms with Gasteiger partial charge in [-0.15, -0.1) is 0 Å². The van der Waals surface area contributed by atoms with Crippen LogP contribution in [0.1, 0.15) is 43.4 Å². The van der Waals surface area contributed by atoms with Crippen molar-refractivity contribution in [3.8, 4) is 5.75 Å². The third kappa shape index (κ3) is 4.17. The second-order valence-electron chi connectivity index (χ2n) is 6.53. The predicted octanol–water partition coefficient (Wildman–Crippen LogP) is 2.51. The normalized spacial score (nSPS) is 23.2. The highest BCUT2D eigenvalue weighted by molar-refractivity contribution is 5.33. The molecule has 4 heteroatoms. The van der Waals surface area contributed by atoms with E-state index in [2.05, 4.69) is 28.3 Å². The number of pyridine rings is 1. The summed E-state index contributed by atoms with van der Waals surface area (Å²) in [5.74, 6) is 1.01. The average Bonchev–Trinajstić information content (AvgIpc) is 3.30. The van der Waals surface area contributed by atoms with Gasteiger partial charge in [-0.1, -0.05) is 6.42 Å². The van der Waals surface area contributed by atoms with Crippen LogP contribution in [0.5, 0.6) is 5.75 Å². The zero-order chi connectivity index (χ0) is 14.7. The lowest BCUT2D eigenvalue weighted by molar-refractivity contribution is 0.124. The van der Waals surface area contributed by atoms with Gasteiger partial charge >= 0.3 is 0 Å². The number of rotatable bonds is 6. The van der Waals surface area contributed by atoms with E-state index in [1.165, 1.54) is 44.2 Å². The molecular weight excluding hydrogens is 262 g/mol. The zero-order valence-corrected chi connectivity index (χ0v) is 13.3. The van der Waals surface area contributed by atoms with Gasteiger partial charge in [-0.2, -0.15) is 0 Å². The summed E-state index contributed by atoms with van der Waals surface area (Å²) >= 11 is 0. The Kier molecular flexibility index (Phi) is 4.76. The van der Waals surface area contributed by atoms with Crippen molar-refractivity contribution in [2.75, 3.05) is 20.2 Å². The minimum absolute atomic E-state index is 0.552. The van der Waals surface area contributed by atoms with Crippen LogP contribution in [0.2, 0.25) is 0 Å². The first-order chi connectivity index (χ1) is 10.2. The van der Waals surface area contributed by atoms with Crippen molar-refractivity contribution < 1.29 is 4.74 Å². The minimum atomic E-state index is 0.552. The lowest BCUT2D eigenvalue weighted by Gasteiger charge is -2.32. The molecule has 1 aliphatic heterocycles. The number of hydrogen-bond acceptors (Lipinski definition) is 4. The van der Waals surface area contributed by atoms with E-state index in [-0.39, 0.29) is 0 Å². The van der Waals surface area contributed by atoms with Gasteiger partial charge in [0.15, 0.2) is 0 Å². The Labute approximate surface area is 127 Å². The molecule has 2 fully saturated rings. The van der Waals surface area contributed by atoms with E-state index in [4.69, 9.17) is 4.74 Å². The molecule has 21 heavy (non-hydrogen) atoms. The van der Waals surface area contributed by atoms with E-state index in [9.17, 15) is 0 Å². The number of hydrogen-bond donors (Lipinski definition) is 1.